The van der Waals surface area contributed by atoms with Crippen molar-refractivity contribution < 1.29 is 13.2 Å². The molecule has 0 radical (unpaired) electrons. The molecule has 0 spiro atoms. The second-order valence-electron chi connectivity index (χ2n) is 4.35. The van der Waals surface area contributed by atoms with Crippen LogP contribution in [0.25, 0.3) is 0 Å². The fourth-order valence-corrected chi connectivity index (χ4v) is 2.70. The number of nitrogen functional groups attached to an aromatic ring is 1. The van der Waals surface area contributed by atoms with E-state index in [0.717, 1.165) is 0 Å². The van der Waals surface area contributed by atoms with Crippen LogP contribution in [0.3, 0.4) is 0 Å². The Balaban J connectivity index is 1.88. The SMILES string of the molecule is Nc1ccc(OCCS(=O)(=O)Nc2cccc(Cl)c2)cc1. The lowest BCUT2D eigenvalue weighted by Crippen LogP contribution is -2.21. The molecule has 3 N–H and O–H groups in total. The molecule has 2 aromatic carbocycles. The monoisotopic (exact) mass is 326 g/mol. The maximum Gasteiger partial charge on any atom is 0.236 e. The lowest BCUT2D eigenvalue weighted by Gasteiger charge is -2.09. The Labute approximate surface area is 128 Å². The quantitative estimate of drug-likeness (QED) is 0.800. The molecule has 2 rings (SSSR count). The smallest absolute Gasteiger partial charge is 0.236 e. The van der Waals surface area contributed by atoms with E-state index in [1.165, 1.54) is 0 Å². The first kappa shape index (κ1) is 15.5. The zero-order chi connectivity index (χ0) is 15.3. The molecule has 0 saturated heterocycles. The van der Waals surface area contributed by atoms with Crippen LogP contribution in [0.5, 0.6) is 5.75 Å². The van der Waals surface area contributed by atoms with Crippen LogP contribution in [0.2, 0.25) is 5.02 Å². The van der Waals surface area contributed by atoms with Gasteiger partial charge in [0.25, 0.3) is 0 Å². The number of halogens is 1. The van der Waals surface area contributed by atoms with E-state index in [2.05, 4.69) is 4.72 Å². The van der Waals surface area contributed by atoms with Crippen molar-refractivity contribution in [2.24, 2.45) is 0 Å². The molecule has 0 aliphatic carbocycles. The number of ether oxygens (including phenoxy) is 1. The van der Waals surface area contributed by atoms with Crippen molar-refractivity contribution in [3.05, 3.63) is 53.6 Å². The first-order valence-corrected chi connectivity index (χ1v) is 8.22. The molecule has 0 aliphatic heterocycles. The van der Waals surface area contributed by atoms with Crippen LogP contribution in [-0.2, 0) is 10.0 Å². The Kier molecular flexibility index (Phi) is 4.93. The van der Waals surface area contributed by atoms with Gasteiger partial charge in [-0.3, -0.25) is 4.72 Å². The molecule has 0 saturated carbocycles. The first-order valence-electron chi connectivity index (χ1n) is 6.19. The van der Waals surface area contributed by atoms with E-state index in [-0.39, 0.29) is 12.4 Å². The third-order valence-corrected chi connectivity index (χ3v) is 4.08. The maximum absolute atomic E-state index is 11.9. The summed E-state index contributed by atoms with van der Waals surface area (Å²) in [6.07, 6.45) is 0. The number of hydrogen-bond acceptors (Lipinski definition) is 4. The Morgan fingerprint density at radius 1 is 1.14 bits per heavy atom. The summed E-state index contributed by atoms with van der Waals surface area (Å²) in [5.74, 6) is 0.409. The van der Waals surface area contributed by atoms with Crippen LogP contribution in [0.1, 0.15) is 0 Å². The summed E-state index contributed by atoms with van der Waals surface area (Å²) in [6.45, 7) is 0.0415. The molecule has 0 unspecified atom stereocenters. The largest absolute Gasteiger partial charge is 0.492 e. The van der Waals surface area contributed by atoms with Crippen molar-refractivity contribution in [2.45, 2.75) is 0 Å². The van der Waals surface area contributed by atoms with E-state index in [4.69, 9.17) is 22.1 Å². The van der Waals surface area contributed by atoms with Gasteiger partial charge in [-0.05, 0) is 42.5 Å². The Morgan fingerprint density at radius 3 is 2.52 bits per heavy atom. The van der Waals surface area contributed by atoms with E-state index in [9.17, 15) is 8.42 Å². The molecule has 0 fully saturated rings. The molecule has 21 heavy (non-hydrogen) atoms. The fourth-order valence-electron chi connectivity index (χ4n) is 1.62. The zero-order valence-corrected chi connectivity index (χ0v) is 12.7. The number of anilines is 2. The molecule has 5 nitrogen and oxygen atoms in total. The minimum Gasteiger partial charge on any atom is -0.492 e. The van der Waals surface area contributed by atoms with Gasteiger partial charge in [0.05, 0.1) is 0 Å². The van der Waals surface area contributed by atoms with Gasteiger partial charge in [-0.2, -0.15) is 0 Å². The molecule has 0 amide bonds. The van der Waals surface area contributed by atoms with Gasteiger partial charge < -0.3 is 10.5 Å². The van der Waals surface area contributed by atoms with E-state index in [1.54, 1.807) is 48.5 Å². The molecule has 0 aromatic heterocycles. The first-order chi connectivity index (χ1) is 9.94. The summed E-state index contributed by atoms with van der Waals surface area (Å²) in [7, 11) is -3.49. The van der Waals surface area contributed by atoms with Gasteiger partial charge in [0.15, 0.2) is 0 Å². The second-order valence-corrected chi connectivity index (χ2v) is 6.63. The van der Waals surface area contributed by atoms with Gasteiger partial charge >= 0.3 is 0 Å². The average Bonchev–Trinajstić information content (AvgIpc) is 2.40. The third kappa shape index (κ3) is 5.17. The van der Waals surface area contributed by atoms with Gasteiger partial charge in [-0.15, -0.1) is 0 Å². The van der Waals surface area contributed by atoms with Crippen LogP contribution in [-0.4, -0.2) is 20.8 Å². The van der Waals surface area contributed by atoms with Crippen LogP contribution in [0.4, 0.5) is 11.4 Å². The van der Waals surface area contributed by atoms with Gasteiger partial charge in [0.2, 0.25) is 10.0 Å². The Morgan fingerprint density at radius 2 is 1.86 bits per heavy atom. The summed E-state index contributed by atoms with van der Waals surface area (Å²) in [5, 5.41) is 0.466. The zero-order valence-electron chi connectivity index (χ0n) is 11.1. The normalized spacial score (nSPS) is 11.1. The van der Waals surface area contributed by atoms with Gasteiger partial charge in [0, 0.05) is 16.4 Å². The number of nitrogens with one attached hydrogen (secondary N) is 1. The highest BCUT2D eigenvalue weighted by molar-refractivity contribution is 7.92. The van der Waals surface area contributed by atoms with E-state index >= 15 is 0 Å². The van der Waals surface area contributed by atoms with Crippen molar-refractivity contribution in [2.75, 3.05) is 22.8 Å². The van der Waals surface area contributed by atoms with Crippen LogP contribution < -0.4 is 15.2 Å². The molecular formula is C14H15ClN2O3S. The molecule has 0 aliphatic rings. The highest BCUT2D eigenvalue weighted by Gasteiger charge is 2.11. The molecule has 0 heterocycles. The molecule has 0 atom stereocenters. The highest BCUT2D eigenvalue weighted by atomic mass is 35.5. The predicted molar refractivity (Wildman–Crippen MR) is 85.2 cm³/mol. The Bertz CT molecular complexity index is 702. The van der Waals surface area contributed by atoms with Crippen molar-refractivity contribution in [1.82, 2.24) is 0 Å². The van der Waals surface area contributed by atoms with Crippen LogP contribution >= 0.6 is 11.6 Å². The maximum atomic E-state index is 11.9. The summed E-state index contributed by atoms with van der Waals surface area (Å²) in [5.41, 5.74) is 6.60. The minimum atomic E-state index is -3.49. The standard InChI is InChI=1S/C14H15ClN2O3S/c15-11-2-1-3-13(10-11)17-21(18,19)9-8-20-14-6-4-12(16)5-7-14/h1-7,10,17H,8-9,16H2. The van der Waals surface area contributed by atoms with Crippen LogP contribution in [0.15, 0.2) is 48.5 Å². The van der Waals surface area contributed by atoms with Gasteiger partial charge in [-0.1, -0.05) is 17.7 Å². The van der Waals surface area contributed by atoms with Gasteiger partial charge in [0.1, 0.15) is 18.1 Å². The summed E-state index contributed by atoms with van der Waals surface area (Å²) in [4.78, 5) is 0. The predicted octanol–water partition coefficient (Wildman–Crippen LogP) is 2.74. The van der Waals surface area contributed by atoms with Gasteiger partial charge in [-0.25, -0.2) is 8.42 Å². The van der Waals surface area contributed by atoms with E-state index < -0.39 is 10.0 Å². The summed E-state index contributed by atoms with van der Waals surface area (Å²) in [6, 6.07) is 13.3. The van der Waals surface area contributed by atoms with Crippen molar-refractivity contribution in [1.29, 1.82) is 0 Å². The third-order valence-electron chi connectivity index (χ3n) is 2.60. The minimum absolute atomic E-state index is 0.0415. The molecule has 7 heteroatoms. The molecular weight excluding hydrogens is 312 g/mol. The number of hydrogen-bond donors (Lipinski definition) is 2. The van der Waals surface area contributed by atoms with Crippen molar-refractivity contribution in [3.8, 4) is 5.75 Å². The lowest BCUT2D eigenvalue weighted by molar-refractivity contribution is 0.341. The second kappa shape index (κ2) is 6.69. The summed E-state index contributed by atoms with van der Waals surface area (Å²) >= 11 is 5.80. The van der Waals surface area contributed by atoms with Crippen molar-refractivity contribution >= 4 is 33.0 Å². The van der Waals surface area contributed by atoms with E-state index in [1.807, 2.05) is 0 Å². The Hall–Kier alpha value is -1.92. The van der Waals surface area contributed by atoms with Crippen LogP contribution in [0, 0.1) is 0 Å². The van der Waals surface area contributed by atoms with E-state index in [0.29, 0.717) is 22.1 Å². The highest BCUT2D eigenvalue weighted by Crippen LogP contribution is 2.16. The summed E-state index contributed by atoms with van der Waals surface area (Å²) < 4.78 is 31.6. The number of rotatable bonds is 6. The molecule has 0 bridgehead atoms. The molecule has 112 valence electrons. The van der Waals surface area contributed by atoms with Crippen molar-refractivity contribution in [3.63, 3.8) is 0 Å². The lowest BCUT2D eigenvalue weighted by atomic mass is 10.3. The molecule has 2 aromatic rings. The fraction of sp³-hybridized carbons (Fsp3) is 0.143. The number of sulfonamides is 1. The number of benzene rings is 2. The number of nitrogens with two attached hydrogens (primary N) is 1. The average molecular weight is 327 g/mol. The topological polar surface area (TPSA) is 81.4 Å².